The zero-order valence-electron chi connectivity index (χ0n) is 12.9. The molecule has 0 saturated carbocycles. The molecule has 1 fully saturated rings. The predicted molar refractivity (Wildman–Crippen MR) is 83.7 cm³/mol. The van der Waals surface area contributed by atoms with Gasteiger partial charge >= 0.3 is 0 Å². The SMILES string of the molecule is Cc1ccc(C)c(C2NNC(NC(=O)c3ccccc3F)O2)c1. The van der Waals surface area contributed by atoms with Crippen molar-refractivity contribution >= 4 is 5.91 Å². The molecule has 5 nitrogen and oxygen atoms in total. The van der Waals surface area contributed by atoms with Crippen molar-refractivity contribution in [3.05, 3.63) is 70.5 Å². The maximum Gasteiger partial charge on any atom is 0.257 e. The lowest BCUT2D eigenvalue weighted by Crippen LogP contribution is -2.45. The van der Waals surface area contributed by atoms with E-state index < -0.39 is 18.1 Å². The Labute approximate surface area is 133 Å². The minimum absolute atomic E-state index is 0.0203. The van der Waals surface area contributed by atoms with Crippen LogP contribution in [0.4, 0.5) is 4.39 Å². The molecule has 2 atom stereocenters. The molecular weight excluding hydrogens is 297 g/mol. The van der Waals surface area contributed by atoms with Gasteiger partial charge in [0, 0.05) is 0 Å². The van der Waals surface area contributed by atoms with Crippen LogP contribution in [0.5, 0.6) is 0 Å². The Kier molecular flexibility index (Phi) is 4.38. The average molecular weight is 315 g/mol. The summed E-state index contributed by atoms with van der Waals surface area (Å²) in [5, 5.41) is 2.60. The summed E-state index contributed by atoms with van der Waals surface area (Å²) in [5.74, 6) is -1.11. The Morgan fingerprint density at radius 1 is 1.17 bits per heavy atom. The number of amides is 1. The number of hydrogen-bond acceptors (Lipinski definition) is 4. The number of rotatable bonds is 3. The Morgan fingerprint density at radius 2 is 1.96 bits per heavy atom. The van der Waals surface area contributed by atoms with E-state index in [1.807, 2.05) is 32.0 Å². The van der Waals surface area contributed by atoms with Crippen LogP contribution in [0.25, 0.3) is 0 Å². The number of halogens is 1. The maximum atomic E-state index is 13.6. The second-order valence-electron chi connectivity index (χ2n) is 5.50. The van der Waals surface area contributed by atoms with Crippen LogP contribution in [0.2, 0.25) is 0 Å². The molecule has 6 heteroatoms. The second kappa shape index (κ2) is 6.45. The number of carbonyl (C=O) groups is 1. The molecule has 23 heavy (non-hydrogen) atoms. The van der Waals surface area contributed by atoms with Gasteiger partial charge in [-0.1, -0.05) is 35.9 Å². The van der Waals surface area contributed by atoms with E-state index in [2.05, 4.69) is 16.2 Å². The highest BCUT2D eigenvalue weighted by molar-refractivity contribution is 5.94. The van der Waals surface area contributed by atoms with Crippen molar-refractivity contribution in [2.45, 2.75) is 26.4 Å². The standard InChI is InChI=1S/C17H18FN3O2/c1-10-7-8-11(2)13(9-10)16-20-21-17(23-16)19-15(22)12-5-3-4-6-14(12)18/h3-9,16-17,20-21H,1-2H3,(H,19,22). The van der Waals surface area contributed by atoms with Crippen molar-refractivity contribution in [3.8, 4) is 0 Å². The number of aryl methyl sites for hydroxylation is 2. The Balaban J connectivity index is 1.67. The molecule has 1 aliphatic rings. The molecule has 2 aromatic carbocycles. The predicted octanol–water partition coefficient (Wildman–Crippen LogP) is 2.28. The van der Waals surface area contributed by atoms with Crippen molar-refractivity contribution in [3.63, 3.8) is 0 Å². The van der Waals surface area contributed by atoms with E-state index in [0.29, 0.717) is 0 Å². The normalized spacial score (nSPS) is 20.5. The first-order chi connectivity index (χ1) is 11.0. The average Bonchev–Trinajstić information content (AvgIpc) is 2.98. The minimum atomic E-state index is -0.744. The van der Waals surface area contributed by atoms with Gasteiger partial charge in [0.2, 0.25) is 6.35 Å². The molecule has 2 unspecified atom stereocenters. The molecule has 0 radical (unpaired) electrons. The van der Waals surface area contributed by atoms with Gasteiger partial charge in [-0.25, -0.2) is 15.2 Å². The molecule has 1 heterocycles. The maximum absolute atomic E-state index is 13.6. The molecule has 120 valence electrons. The van der Waals surface area contributed by atoms with E-state index in [9.17, 15) is 9.18 Å². The van der Waals surface area contributed by atoms with Gasteiger partial charge < -0.3 is 10.1 Å². The zero-order chi connectivity index (χ0) is 16.4. The number of hydrogen-bond donors (Lipinski definition) is 3. The van der Waals surface area contributed by atoms with Gasteiger partial charge in [0.25, 0.3) is 5.91 Å². The number of ether oxygens (including phenoxy) is 1. The summed E-state index contributed by atoms with van der Waals surface area (Å²) < 4.78 is 19.4. The number of benzene rings is 2. The molecule has 1 aliphatic heterocycles. The van der Waals surface area contributed by atoms with E-state index in [0.717, 1.165) is 16.7 Å². The van der Waals surface area contributed by atoms with Crippen LogP contribution in [0.3, 0.4) is 0 Å². The summed E-state index contributed by atoms with van der Waals surface area (Å²) in [6.07, 6.45) is -1.13. The van der Waals surface area contributed by atoms with Crippen LogP contribution < -0.4 is 16.2 Å². The van der Waals surface area contributed by atoms with Gasteiger partial charge in [-0.2, -0.15) is 0 Å². The molecule has 0 bridgehead atoms. The minimum Gasteiger partial charge on any atom is -0.320 e. The summed E-state index contributed by atoms with van der Waals surface area (Å²) >= 11 is 0. The van der Waals surface area contributed by atoms with Crippen LogP contribution in [0.15, 0.2) is 42.5 Å². The molecule has 0 aliphatic carbocycles. The van der Waals surface area contributed by atoms with Gasteiger partial charge in [-0.3, -0.25) is 4.79 Å². The molecular formula is C17H18FN3O2. The molecule has 1 saturated heterocycles. The van der Waals surface area contributed by atoms with E-state index in [1.54, 1.807) is 6.07 Å². The third-order valence-electron chi connectivity index (χ3n) is 3.72. The zero-order valence-corrected chi connectivity index (χ0v) is 12.9. The lowest BCUT2D eigenvalue weighted by atomic mass is 10.0. The fraction of sp³-hybridized carbons (Fsp3) is 0.235. The highest BCUT2D eigenvalue weighted by Crippen LogP contribution is 2.23. The van der Waals surface area contributed by atoms with Gasteiger partial charge in [-0.15, -0.1) is 0 Å². The first-order valence-corrected chi connectivity index (χ1v) is 7.33. The number of hydrazine groups is 1. The Morgan fingerprint density at radius 3 is 2.74 bits per heavy atom. The molecule has 0 spiro atoms. The van der Waals surface area contributed by atoms with Gasteiger partial charge in [0.1, 0.15) is 5.82 Å². The lowest BCUT2D eigenvalue weighted by molar-refractivity contribution is 0.0153. The summed E-state index contributed by atoms with van der Waals surface area (Å²) in [7, 11) is 0. The van der Waals surface area contributed by atoms with Crippen molar-refractivity contribution in [1.82, 2.24) is 16.2 Å². The smallest absolute Gasteiger partial charge is 0.257 e. The Hall–Kier alpha value is -2.28. The highest BCUT2D eigenvalue weighted by atomic mass is 19.1. The lowest BCUT2D eigenvalue weighted by Gasteiger charge is -2.15. The molecule has 1 amide bonds. The summed E-state index contributed by atoms with van der Waals surface area (Å²) in [6.45, 7) is 3.99. The van der Waals surface area contributed by atoms with Crippen molar-refractivity contribution in [2.24, 2.45) is 0 Å². The molecule has 2 aromatic rings. The highest BCUT2D eigenvalue weighted by Gasteiger charge is 2.28. The van der Waals surface area contributed by atoms with Crippen molar-refractivity contribution < 1.29 is 13.9 Å². The van der Waals surface area contributed by atoms with Crippen molar-refractivity contribution in [1.29, 1.82) is 0 Å². The van der Waals surface area contributed by atoms with Crippen LogP contribution >= 0.6 is 0 Å². The largest absolute Gasteiger partial charge is 0.320 e. The number of carbonyl (C=O) groups excluding carboxylic acids is 1. The van der Waals surface area contributed by atoms with E-state index in [1.165, 1.54) is 18.2 Å². The van der Waals surface area contributed by atoms with Crippen LogP contribution in [0, 0.1) is 19.7 Å². The number of nitrogens with one attached hydrogen (secondary N) is 3. The Bertz CT molecular complexity index is 736. The van der Waals surface area contributed by atoms with Gasteiger partial charge in [0.15, 0.2) is 6.23 Å². The molecule has 3 rings (SSSR count). The fourth-order valence-electron chi connectivity index (χ4n) is 2.46. The van der Waals surface area contributed by atoms with Gasteiger partial charge in [0.05, 0.1) is 5.56 Å². The van der Waals surface area contributed by atoms with Gasteiger partial charge in [-0.05, 0) is 37.1 Å². The van der Waals surface area contributed by atoms with E-state index in [4.69, 9.17) is 4.74 Å². The van der Waals surface area contributed by atoms with Crippen LogP contribution in [-0.2, 0) is 4.74 Å². The third-order valence-corrected chi connectivity index (χ3v) is 3.72. The quantitative estimate of drug-likeness (QED) is 0.813. The summed E-state index contributed by atoms with van der Waals surface area (Å²) in [5.41, 5.74) is 8.99. The van der Waals surface area contributed by atoms with Crippen molar-refractivity contribution in [2.75, 3.05) is 0 Å². The molecule has 0 aromatic heterocycles. The third kappa shape index (κ3) is 3.39. The summed E-state index contributed by atoms with van der Waals surface area (Å²) in [4.78, 5) is 12.1. The second-order valence-corrected chi connectivity index (χ2v) is 5.50. The fourth-order valence-corrected chi connectivity index (χ4v) is 2.46. The monoisotopic (exact) mass is 315 g/mol. The molecule has 3 N–H and O–H groups in total. The van der Waals surface area contributed by atoms with E-state index >= 15 is 0 Å². The van der Waals surface area contributed by atoms with Crippen LogP contribution in [0.1, 0.15) is 33.3 Å². The van der Waals surface area contributed by atoms with Crippen LogP contribution in [-0.4, -0.2) is 12.3 Å². The topological polar surface area (TPSA) is 62.4 Å². The first kappa shape index (κ1) is 15.6. The first-order valence-electron chi connectivity index (χ1n) is 7.33. The van der Waals surface area contributed by atoms with E-state index in [-0.39, 0.29) is 11.8 Å². The summed E-state index contributed by atoms with van der Waals surface area (Å²) in [6, 6.07) is 11.9.